The van der Waals surface area contributed by atoms with Crippen LogP contribution in [0, 0.1) is 0 Å². The molecule has 1 unspecified atom stereocenters. The van der Waals surface area contributed by atoms with E-state index < -0.39 is 0 Å². The van der Waals surface area contributed by atoms with Gasteiger partial charge in [0.15, 0.2) is 0 Å². The maximum absolute atomic E-state index is 5.16. The lowest BCUT2D eigenvalue weighted by Crippen LogP contribution is -2.38. The number of hydrogen-bond donors (Lipinski definition) is 0. The Morgan fingerprint density at radius 3 is 2.33 bits per heavy atom. The van der Waals surface area contributed by atoms with E-state index in [0.717, 1.165) is 16.8 Å². The number of rotatable bonds is 2. The van der Waals surface area contributed by atoms with Gasteiger partial charge in [0.2, 0.25) is 0 Å². The highest BCUT2D eigenvalue weighted by Gasteiger charge is 2.30. The molecule has 0 fully saturated rings. The molecule has 0 radical (unpaired) electrons. The minimum absolute atomic E-state index is 0.482. The van der Waals surface area contributed by atoms with Crippen molar-refractivity contribution in [2.24, 2.45) is 0 Å². The molecule has 0 amide bonds. The molecule has 2 heteroatoms. The second kappa shape index (κ2) is 3.70. The van der Waals surface area contributed by atoms with Crippen LogP contribution in [-0.4, -0.2) is 32.2 Å². The van der Waals surface area contributed by atoms with Crippen LogP contribution in [-0.2, 0) is 0 Å². The molecule has 2 nitrogen and oxygen atoms in total. The van der Waals surface area contributed by atoms with E-state index in [9.17, 15) is 0 Å². The van der Waals surface area contributed by atoms with Crippen molar-refractivity contribution in [1.29, 1.82) is 0 Å². The molecule has 0 aromatic heterocycles. The van der Waals surface area contributed by atoms with Crippen molar-refractivity contribution in [3.8, 4) is 5.75 Å². The Bertz CT molecular complexity index is 365. The second-order valence-corrected chi connectivity index (χ2v) is 4.61. The smallest absolute Gasteiger partial charge is 0.133 e. The van der Waals surface area contributed by atoms with Gasteiger partial charge in [0.25, 0.3) is 0 Å². The largest absolute Gasteiger partial charge is 0.497 e. The number of hydrogen-bond acceptors (Lipinski definition) is 1. The fraction of sp³-hybridized carbons (Fsp3) is 0.385. The molecule has 1 aromatic rings. The van der Waals surface area contributed by atoms with E-state index in [2.05, 4.69) is 38.4 Å². The molecule has 0 aliphatic carbocycles. The summed E-state index contributed by atoms with van der Waals surface area (Å²) in [6.45, 7) is 1.11. The van der Waals surface area contributed by atoms with Gasteiger partial charge in [-0.2, -0.15) is 0 Å². The van der Waals surface area contributed by atoms with Gasteiger partial charge in [0, 0.05) is 5.56 Å². The van der Waals surface area contributed by atoms with Gasteiger partial charge in [-0.15, -0.1) is 0 Å². The predicted molar refractivity (Wildman–Crippen MR) is 61.9 cm³/mol. The van der Waals surface area contributed by atoms with E-state index in [1.807, 2.05) is 12.1 Å². The van der Waals surface area contributed by atoms with Crippen molar-refractivity contribution in [2.45, 2.75) is 6.04 Å². The van der Waals surface area contributed by atoms with E-state index in [1.165, 1.54) is 5.56 Å². The van der Waals surface area contributed by atoms with Crippen molar-refractivity contribution in [2.75, 3.05) is 27.7 Å². The lowest BCUT2D eigenvalue weighted by atomic mass is 10.1. The first-order chi connectivity index (χ1) is 7.13. The summed E-state index contributed by atoms with van der Waals surface area (Å²) in [6, 6.07) is 8.84. The van der Waals surface area contributed by atoms with Crippen LogP contribution >= 0.6 is 0 Å². The monoisotopic (exact) mass is 204 g/mol. The van der Waals surface area contributed by atoms with Gasteiger partial charge in [-0.05, 0) is 36.4 Å². The van der Waals surface area contributed by atoms with E-state index in [-0.39, 0.29) is 0 Å². The molecule has 1 heterocycles. The summed E-state index contributed by atoms with van der Waals surface area (Å²) in [4.78, 5) is 0. The maximum Gasteiger partial charge on any atom is 0.133 e. The third kappa shape index (κ3) is 1.90. The molecule has 2 rings (SSSR count). The van der Waals surface area contributed by atoms with E-state index >= 15 is 0 Å². The first-order valence-electron chi connectivity index (χ1n) is 5.27. The Labute approximate surface area is 91.4 Å². The normalized spacial score (nSPS) is 23.0. The molecule has 0 bridgehead atoms. The molecular weight excluding hydrogens is 186 g/mol. The third-order valence-corrected chi connectivity index (χ3v) is 3.10. The van der Waals surface area contributed by atoms with Crippen LogP contribution in [0.5, 0.6) is 5.75 Å². The van der Waals surface area contributed by atoms with Crippen LogP contribution in [0.4, 0.5) is 0 Å². The zero-order chi connectivity index (χ0) is 10.9. The van der Waals surface area contributed by atoms with Gasteiger partial charge < -0.3 is 9.22 Å². The van der Waals surface area contributed by atoms with E-state index in [4.69, 9.17) is 4.74 Å². The average molecular weight is 204 g/mol. The fourth-order valence-corrected chi connectivity index (χ4v) is 2.12. The van der Waals surface area contributed by atoms with Gasteiger partial charge in [-0.3, -0.25) is 0 Å². The molecule has 1 aromatic carbocycles. The number of quaternary nitrogens is 1. The first kappa shape index (κ1) is 10.2. The maximum atomic E-state index is 5.16. The van der Waals surface area contributed by atoms with Crippen LogP contribution < -0.4 is 4.74 Å². The Morgan fingerprint density at radius 2 is 1.87 bits per heavy atom. The molecule has 0 spiro atoms. The van der Waals surface area contributed by atoms with Gasteiger partial charge in [0.1, 0.15) is 11.8 Å². The highest BCUT2D eigenvalue weighted by Crippen LogP contribution is 2.31. The van der Waals surface area contributed by atoms with Crippen molar-refractivity contribution < 1.29 is 9.22 Å². The van der Waals surface area contributed by atoms with Crippen molar-refractivity contribution in [1.82, 2.24) is 0 Å². The highest BCUT2D eigenvalue weighted by atomic mass is 16.5. The van der Waals surface area contributed by atoms with Crippen LogP contribution in [0.3, 0.4) is 0 Å². The second-order valence-electron chi connectivity index (χ2n) is 4.61. The minimum atomic E-state index is 0.482. The Balaban J connectivity index is 2.26. The van der Waals surface area contributed by atoms with Crippen molar-refractivity contribution in [3.05, 3.63) is 42.0 Å². The number of nitrogens with zero attached hydrogens (tertiary/aromatic N) is 1. The predicted octanol–water partition coefficient (Wildman–Crippen LogP) is 2.38. The SMILES string of the molecule is COc1ccc(C2C=CC[N+]2(C)C)cc1. The standard InChI is InChI=1S/C13H18NO/c1-14(2)10-4-5-13(14)11-6-8-12(15-3)9-7-11/h4-9,13H,10H2,1-3H3/q+1. The summed E-state index contributed by atoms with van der Waals surface area (Å²) in [5, 5.41) is 0. The summed E-state index contributed by atoms with van der Waals surface area (Å²) in [6.07, 6.45) is 4.55. The lowest BCUT2D eigenvalue weighted by Gasteiger charge is -2.31. The zero-order valence-electron chi connectivity index (χ0n) is 9.60. The van der Waals surface area contributed by atoms with Gasteiger partial charge >= 0.3 is 0 Å². The molecule has 80 valence electrons. The molecule has 0 saturated heterocycles. The highest BCUT2D eigenvalue weighted by molar-refractivity contribution is 5.30. The summed E-state index contributed by atoms with van der Waals surface area (Å²) in [5.41, 5.74) is 1.36. The van der Waals surface area contributed by atoms with E-state index in [0.29, 0.717) is 6.04 Å². The number of benzene rings is 1. The van der Waals surface area contributed by atoms with E-state index in [1.54, 1.807) is 7.11 Å². The molecule has 1 aliphatic rings. The zero-order valence-corrected chi connectivity index (χ0v) is 9.60. The summed E-state index contributed by atoms with van der Waals surface area (Å²) >= 11 is 0. The average Bonchev–Trinajstić information content (AvgIpc) is 2.58. The number of ether oxygens (including phenoxy) is 1. The molecule has 0 saturated carbocycles. The topological polar surface area (TPSA) is 9.23 Å². The van der Waals surface area contributed by atoms with Crippen molar-refractivity contribution >= 4 is 0 Å². The third-order valence-electron chi connectivity index (χ3n) is 3.10. The van der Waals surface area contributed by atoms with Gasteiger partial charge in [-0.1, -0.05) is 0 Å². The number of methoxy groups -OCH3 is 1. The first-order valence-corrected chi connectivity index (χ1v) is 5.27. The molecule has 1 atom stereocenters. The quantitative estimate of drug-likeness (QED) is 0.531. The molecule has 1 aliphatic heterocycles. The Morgan fingerprint density at radius 1 is 1.20 bits per heavy atom. The van der Waals surface area contributed by atoms with Crippen molar-refractivity contribution in [3.63, 3.8) is 0 Å². The molecular formula is C13H18NO+. The van der Waals surface area contributed by atoms with Crippen LogP contribution in [0.15, 0.2) is 36.4 Å². The fourth-order valence-electron chi connectivity index (χ4n) is 2.12. The number of likely N-dealkylation sites (N-methyl/N-ethyl adjacent to an activating group) is 1. The van der Waals surface area contributed by atoms with Crippen LogP contribution in [0.1, 0.15) is 11.6 Å². The Kier molecular flexibility index (Phi) is 2.53. The minimum Gasteiger partial charge on any atom is -0.497 e. The van der Waals surface area contributed by atoms with Gasteiger partial charge in [0.05, 0.1) is 27.7 Å². The lowest BCUT2D eigenvalue weighted by molar-refractivity contribution is -0.903. The summed E-state index contributed by atoms with van der Waals surface area (Å²) < 4.78 is 6.17. The Hall–Kier alpha value is -1.28. The van der Waals surface area contributed by atoms with Gasteiger partial charge in [-0.25, -0.2) is 0 Å². The molecule has 15 heavy (non-hydrogen) atoms. The summed E-state index contributed by atoms with van der Waals surface area (Å²) in [5.74, 6) is 0.922. The van der Waals surface area contributed by atoms with Crippen LogP contribution in [0.25, 0.3) is 0 Å². The summed E-state index contributed by atoms with van der Waals surface area (Å²) in [7, 11) is 6.22. The van der Waals surface area contributed by atoms with Crippen LogP contribution in [0.2, 0.25) is 0 Å². The molecule has 0 N–H and O–H groups in total.